The lowest BCUT2D eigenvalue weighted by Crippen LogP contribution is -3.15. The van der Waals surface area contributed by atoms with Gasteiger partial charge in [0.05, 0.1) is 26.2 Å². The average molecular weight is 401 g/mol. The van der Waals surface area contributed by atoms with Crippen molar-refractivity contribution >= 4 is 17.3 Å². The van der Waals surface area contributed by atoms with Crippen LogP contribution in [-0.4, -0.2) is 38.6 Å². The van der Waals surface area contributed by atoms with Crippen molar-refractivity contribution in [1.82, 2.24) is 0 Å². The number of amides is 1. The molecule has 0 aromatic heterocycles. The summed E-state index contributed by atoms with van der Waals surface area (Å²) < 4.78 is 0. The highest BCUT2D eigenvalue weighted by atomic mass is 16.2. The van der Waals surface area contributed by atoms with Crippen LogP contribution in [0.5, 0.6) is 0 Å². The lowest BCUT2D eigenvalue weighted by molar-refractivity contribution is -0.892. The summed E-state index contributed by atoms with van der Waals surface area (Å²) >= 11 is 0. The van der Waals surface area contributed by atoms with Crippen molar-refractivity contribution in [2.24, 2.45) is 0 Å². The normalized spacial score (nSPS) is 14.5. The molecular weight excluding hydrogens is 370 g/mol. The maximum Gasteiger partial charge on any atom is 0.279 e. The van der Waals surface area contributed by atoms with Crippen molar-refractivity contribution in [3.8, 4) is 11.1 Å². The molecule has 0 bridgehead atoms. The molecule has 154 valence electrons. The number of carbonyl (C=O) groups is 1. The van der Waals surface area contributed by atoms with E-state index >= 15 is 0 Å². The first kappa shape index (κ1) is 20.2. The molecule has 1 fully saturated rings. The molecule has 1 aliphatic heterocycles. The van der Waals surface area contributed by atoms with Crippen LogP contribution in [0.1, 0.15) is 11.1 Å². The van der Waals surface area contributed by atoms with E-state index in [9.17, 15) is 4.79 Å². The number of anilines is 2. The minimum Gasteiger partial charge on any atom is -0.360 e. The molecule has 2 N–H and O–H groups in total. The number of quaternary nitrogens is 1. The van der Waals surface area contributed by atoms with E-state index in [0.29, 0.717) is 6.54 Å². The number of hydrogen-bond donors (Lipinski definition) is 2. The zero-order chi connectivity index (χ0) is 20.9. The molecule has 4 nitrogen and oxygen atoms in total. The number of carbonyl (C=O) groups excluding carboxylic acids is 1. The summed E-state index contributed by atoms with van der Waals surface area (Å²) in [6.45, 7) is 8.77. The Kier molecular flexibility index (Phi) is 6.15. The van der Waals surface area contributed by atoms with Crippen molar-refractivity contribution < 1.29 is 9.69 Å². The van der Waals surface area contributed by atoms with Crippen molar-refractivity contribution in [2.45, 2.75) is 13.8 Å². The lowest BCUT2D eigenvalue weighted by Gasteiger charge is -2.34. The summed E-state index contributed by atoms with van der Waals surface area (Å²) in [6, 6.07) is 24.7. The fraction of sp³-hybridized carbons (Fsp3) is 0.269. The van der Waals surface area contributed by atoms with E-state index in [2.05, 4.69) is 60.5 Å². The molecule has 30 heavy (non-hydrogen) atoms. The van der Waals surface area contributed by atoms with Gasteiger partial charge in [0, 0.05) is 16.9 Å². The highest BCUT2D eigenvalue weighted by Crippen LogP contribution is 2.27. The van der Waals surface area contributed by atoms with Gasteiger partial charge in [0.25, 0.3) is 5.91 Å². The lowest BCUT2D eigenvalue weighted by atomic mass is 10.0. The second kappa shape index (κ2) is 9.14. The maximum absolute atomic E-state index is 12.8. The van der Waals surface area contributed by atoms with Crippen molar-refractivity contribution in [3.63, 3.8) is 0 Å². The maximum atomic E-state index is 12.8. The molecule has 0 aliphatic carbocycles. The highest BCUT2D eigenvalue weighted by molar-refractivity contribution is 5.96. The van der Waals surface area contributed by atoms with Gasteiger partial charge in [0.1, 0.15) is 0 Å². The Balaban J connectivity index is 1.36. The van der Waals surface area contributed by atoms with Gasteiger partial charge in [0.2, 0.25) is 0 Å². The number of aryl methyl sites for hydroxylation is 1. The van der Waals surface area contributed by atoms with Gasteiger partial charge in [-0.05, 0) is 42.7 Å². The standard InChI is InChI=1S/C26H29N3O/c1-20-9-8-14-25(21(20)2)29-17-15-28(16-18-29)19-26(30)27-24-13-7-6-12-23(24)22-10-4-3-5-11-22/h3-14H,15-19H2,1-2H3,(H,27,30)/p+1. The SMILES string of the molecule is Cc1cccc(N2CC[NH+](CC(=O)Nc3ccccc3-c3ccccc3)CC2)c1C. The van der Waals surface area contributed by atoms with Crippen molar-refractivity contribution in [3.05, 3.63) is 83.9 Å². The Morgan fingerprint density at radius 2 is 1.60 bits per heavy atom. The van der Waals surface area contributed by atoms with Crippen LogP contribution < -0.4 is 15.1 Å². The highest BCUT2D eigenvalue weighted by Gasteiger charge is 2.23. The first-order valence-electron chi connectivity index (χ1n) is 10.7. The number of para-hydroxylation sites is 1. The molecule has 1 amide bonds. The summed E-state index contributed by atoms with van der Waals surface area (Å²) in [5.74, 6) is 0.0774. The van der Waals surface area contributed by atoms with E-state index in [-0.39, 0.29) is 5.91 Å². The van der Waals surface area contributed by atoms with Crippen LogP contribution in [0.4, 0.5) is 11.4 Å². The zero-order valence-corrected chi connectivity index (χ0v) is 17.8. The van der Waals surface area contributed by atoms with Crippen LogP contribution in [0.15, 0.2) is 72.8 Å². The monoisotopic (exact) mass is 400 g/mol. The minimum absolute atomic E-state index is 0.0774. The predicted molar refractivity (Wildman–Crippen MR) is 124 cm³/mol. The number of piperazine rings is 1. The molecule has 0 saturated carbocycles. The van der Waals surface area contributed by atoms with Gasteiger partial charge in [-0.2, -0.15) is 0 Å². The molecule has 0 radical (unpaired) electrons. The van der Waals surface area contributed by atoms with Gasteiger partial charge in [-0.3, -0.25) is 4.79 Å². The summed E-state index contributed by atoms with van der Waals surface area (Å²) in [5, 5.41) is 3.14. The van der Waals surface area contributed by atoms with Gasteiger partial charge in [-0.15, -0.1) is 0 Å². The van der Waals surface area contributed by atoms with Crippen LogP contribution in [0.2, 0.25) is 0 Å². The second-order valence-electron chi connectivity index (χ2n) is 8.09. The van der Waals surface area contributed by atoms with E-state index in [0.717, 1.165) is 43.0 Å². The molecule has 4 heteroatoms. The fourth-order valence-corrected chi connectivity index (χ4v) is 4.20. The van der Waals surface area contributed by atoms with E-state index in [1.165, 1.54) is 21.7 Å². The van der Waals surface area contributed by atoms with Gasteiger partial charge in [-0.1, -0.05) is 60.7 Å². The molecule has 0 unspecified atom stereocenters. The van der Waals surface area contributed by atoms with Gasteiger partial charge in [0.15, 0.2) is 6.54 Å². The minimum atomic E-state index is 0.0774. The van der Waals surface area contributed by atoms with Crippen molar-refractivity contribution in [1.29, 1.82) is 0 Å². The third-order valence-corrected chi connectivity index (χ3v) is 6.08. The Labute approximate surface area is 179 Å². The van der Waals surface area contributed by atoms with Crippen LogP contribution in [0.25, 0.3) is 11.1 Å². The summed E-state index contributed by atoms with van der Waals surface area (Å²) in [4.78, 5) is 16.6. The topological polar surface area (TPSA) is 36.8 Å². The van der Waals surface area contributed by atoms with Gasteiger partial charge in [-0.25, -0.2) is 0 Å². The number of benzene rings is 3. The molecule has 1 heterocycles. The molecule has 0 atom stereocenters. The Morgan fingerprint density at radius 1 is 0.900 bits per heavy atom. The molecule has 0 spiro atoms. The van der Waals surface area contributed by atoms with E-state index < -0.39 is 0 Å². The van der Waals surface area contributed by atoms with Crippen LogP contribution in [-0.2, 0) is 4.79 Å². The van der Waals surface area contributed by atoms with E-state index in [1.807, 2.05) is 36.4 Å². The molecule has 1 aliphatic rings. The Morgan fingerprint density at radius 3 is 2.37 bits per heavy atom. The molecular formula is C26H30N3O+. The molecule has 3 aromatic carbocycles. The third kappa shape index (κ3) is 4.55. The first-order chi connectivity index (χ1) is 14.6. The fourth-order valence-electron chi connectivity index (χ4n) is 4.20. The third-order valence-electron chi connectivity index (χ3n) is 6.08. The molecule has 3 aromatic rings. The number of hydrogen-bond acceptors (Lipinski definition) is 2. The Hall–Kier alpha value is -3.11. The van der Waals surface area contributed by atoms with E-state index in [4.69, 9.17) is 0 Å². The largest absolute Gasteiger partial charge is 0.360 e. The first-order valence-corrected chi connectivity index (χ1v) is 10.7. The van der Waals surface area contributed by atoms with Crippen LogP contribution >= 0.6 is 0 Å². The van der Waals surface area contributed by atoms with Crippen LogP contribution in [0.3, 0.4) is 0 Å². The number of rotatable bonds is 5. The van der Waals surface area contributed by atoms with Gasteiger partial charge >= 0.3 is 0 Å². The molecule has 4 rings (SSSR count). The summed E-state index contributed by atoms with van der Waals surface area (Å²) in [6.07, 6.45) is 0. The summed E-state index contributed by atoms with van der Waals surface area (Å²) in [5.41, 5.74) is 7.07. The van der Waals surface area contributed by atoms with Gasteiger partial charge < -0.3 is 15.1 Å². The predicted octanol–water partition coefficient (Wildman–Crippen LogP) is 3.31. The smallest absolute Gasteiger partial charge is 0.279 e. The average Bonchev–Trinajstić information content (AvgIpc) is 2.77. The van der Waals surface area contributed by atoms with E-state index in [1.54, 1.807) is 0 Å². The molecule has 1 saturated heterocycles. The summed E-state index contributed by atoms with van der Waals surface area (Å²) in [7, 11) is 0. The number of nitrogens with one attached hydrogen (secondary N) is 2. The van der Waals surface area contributed by atoms with Crippen LogP contribution in [0, 0.1) is 13.8 Å². The Bertz CT molecular complexity index is 1010. The quantitative estimate of drug-likeness (QED) is 0.689. The zero-order valence-electron chi connectivity index (χ0n) is 17.8. The second-order valence-corrected chi connectivity index (χ2v) is 8.09. The number of nitrogens with zero attached hydrogens (tertiary/aromatic N) is 1. The van der Waals surface area contributed by atoms with Crippen molar-refractivity contribution in [2.75, 3.05) is 42.9 Å².